The predicted molar refractivity (Wildman–Crippen MR) is 63.0 cm³/mol. The van der Waals surface area contributed by atoms with Crippen LogP contribution in [0.2, 0.25) is 0 Å². The number of hydrogen-bond donors (Lipinski definition) is 0. The van der Waals surface area contributed by atoms with Crippen LogP contribution >= 0.6 is 11.6 Å². The Morgan fingerprint density at radius 3 is 3.00 bits per heavy atom. The van der Waals surface area contributed by atoms with Crippen molar-refractivity contribution in [1.82, 2.24) is 0 Å². The van der Waals surface area contributed by atoms with Gasteiger partial charge < -0.3 is 4.74 Å². The fourth-order valence-corrected chi connectivity index (χ4v) is 1.82. The van der Waals surface area contributed by atoms with Gasteiger partial charge in [0, 0.05) is 11.8 Å². The lowest BCUT2D eigenvalue weighted by molar-refractivity contribution is -0.138. The molecular formula is C11H11ClN2O2. The second-order valence-corrected chi connectivity index (χ2v) is 3.88. The number of ether oxygens (including phenoxy) is 1. The topological polar surface area (TPSA) is 51.0 Å². The van der Waals surface area contributed by atoms with Crippen molar-refractivity contribution in [3.05, 3.63) is 23.5 Å². The number of nitrogens with zero attached hydrogens (tertiary/aromatic N) is 2. The van der Waals surface area contributed by atoms with E-state index in [1.165, 1.54) is 0 Å². The summed E-state index contributed by atoms with van der Waals surface area (Å²) in [6.07, 6.45) is 3.36. The van der Waals surface area contributed by atoms with E-state index >= 15 is 0 Å². The lowest BCUT2D eigenvalue weighted by Gasteiger charge is -2.09. The Balaban J connectivity index is 2.36. The van der Waals surface area contributed by atoms with Gasteiger partial charge in [-0.05, 0) is 19.9 Å². The van der Waals surface area contributed by atoms with E-state index < -0.39 is 5.97 Å². The van der Waals surface area contributed by atoms with Gasteiger partial charge in [0.15, 0.2) is 5.70 Å². The molecule has 16 heavy (non-hydrogen) atoms. The number of fused-ring (bicyclic) bond motifs is 1. The van der Waals surface area contributed by atoms with Crippen molar-refractivity contribution >= 4 is 29.0 Å². The fourth-order valence-electron chi connectivity index (χ4n) is 1.60. The molecule has 0 bridgehead atoms. The fraction of sp³-hybridized carbons (Fsp3) is 0.364. The zero-order valence-electron chi connectivity index (χ0n) is 9.03. The number of halogens is 1. The van der Waals surface area contributed by atoms with Crippen LogP contribution in [0.4, 0.5) is 0 Å². The molecule has 2 heterocycles. The smallest absolute Gasteiger partial charge is 0.357 e. The van der Waals surface area contributed by atoms with Crippen molar-refractivity contribution < 1.29 is 9.53 Å². The van der Waals surface area contributed by atoms with Crippen molar-refractivity contribution in [2.45, 2.75) is 19.2 Å². The van der Waals surface area contributed by atoms with Crippen LogP contribution in [-0.2, 0) is 9.53 Å². The number of carbonyl (C=O) groups is 1. The summed E-state index contributed by atoms with van der Waals surface area (Å²) in [5.41, 5.74) is 2.35. The van der Waals surface area contributed by atoms with Crippen LogP contribution in [0.15, 0.2) is 33.5 Å². The molecular weight excluding hydrogens is 228 g/mol. The number of aliphatic imine (C=N–C) groups is 2. The van der Waals surface area contributed by atoms with Gasteiger partial charge in [0.2, 0.25) is 0 Å². The lowest BCUT2D eigenvalue weighted by atomic mass is 10.1. The first-order valence-corrected chi connectivity index (χ1v) is 5.44. The van der Waals surface area contributed by atoms with Gasteiger partial charge in [-0.25, -0.2) is 9.79 Å². The van der Waals surface area contributed by atoms with Crippen molar-refractivity contribution in [2.24, 2.45) is 9.98 Å². The molecule has 0 radical (unpaired) electrons. The number of carbonyl (C=O) groups excluding carboxylic acids is 1. The molecule has 0 saturated carbocycles. The highest BCUT2D eigenvalue weighted by atomic mass is 35.5. The molecule has 0 aromatic rings. The van der Waals surface area contributed by atoms with E-state index in [0.29, 0.717) is 23.7 Å². The van der Waals surface area contributed by atoms with E-state index in [0.717, 1.165) is 5.57 Å². The molecule has 1 atom stereocenters. The van der Waals surface area contributed by atoms with Crippen LogP contribution in [0, 0.1) is 0 Å². The third-order valence-corrected chi connectivity index (χ3v) is 2.73. The Morgan fingerprint density at radius 1 is 1.62 bits per heavy atom. The van der Waals surface area contributed by atoms with Gasteiger partial charge >= 0.3 is 5.97 Å². The number of allylic oxidation sites excluding steroid dienone is 2. The number of rotatable bonds is 2. The Morgan fingerprint density at radius 2 is 2.38 bits per heavy atom. The molecule has 4 nitrogen and oxygen atoms in total. The minimum absolute atomic E-state index is 0.310. The van der Waals surface area contributed by atoms with Gasteiger partial charge in [-0.15, -0.1) is 11.6 Å². The molecule has 0 aliphatic carbocycles. The number of hydrogen-bond acceptors (Lipinski definition) is 4. The van der Waals surface area contributed by atoms with Crippen molar-refractivity contribution in [1.29, 1.82) is 0 Å². The van der Waals surface area contributed by atoms with E-state index in [9.17, 15) is 4.79 Å². The SMILES string of the molecule is CCOC(=O)C1=C(C)C2=NC=C[C@@H](Cl)C2=N1. The Labute approximate surface area is 98.4 Å². The van der Waals surface area contributed by atoms with Gasteiger partial charge in [-0.1, -0.05) is 0 Å². The highest BCUT2D eigenvalue weighted by Crippen LogP contribution is 2.25. The van der Waals surface area contributed by atoms with E-state index in [1.807, 2.05) is 0 Å². The lowest BCUT2D eigenvalue weighted by Crippen LogP contribution is -2.23. The third-order valence-electron chi connectivity index (χ3n) is 2.37. The monoisotopic (exact) mass is 238 g/mol. The maximum atomic E-state index is 11.6. The van der Waals surface area contributed by atoms with Crippen LogP contribution in [-0.4, -0.2) is 29.4 Å². The summed E-state index contributed by atoms with van der Waals surface area (Å²) >= 11 is 6.05. The van der Waals surface area contributed by atoms with Gasteiger partial charge in [-0.2, -0.15) is 0 Å². The van der Waals surface area contributed by atoms with Crippen LogP contribution in [0.3, 0.4) is 0 Å². The maximum Gasteiger partial charge on any atom is 0.357 e. The highest BCUT2D eigenvalue weighted by molar-refractivity contribution is 6.60. The molecule has 0 amide bonds. The average Bonchev–Trinajstić information content (AvgIpc) is 2.59. The van der Waals surface area contributed by atoms with Crippen LogP contribution < -0.4 is 0 Å². The quantitative estimate of drug-likeness (QED) is 0.545. The standard InChI is InChI=1S/C11H11ClN2O2/c1-3-16-11(15)9-6(2)8-10(14-9)7(12)4-5-13-8/h4-5,7H,3H2,1-2H3/t7-/m1/s1. The van der Waals surface area contributed by atoms with E-state index in [2.05, 4.69) is 9.98 Å². The summed E-state index contributed by atoms with van der Waals surface area (Å²) in [6, 6.07) is 0. The zero-order chi connectivity index (χ0) is 11.7. The van der Waals surface area contributed by atoms with Crippen molar-refractivity contribution in [2.75, 3.05) is 6.61 Å². The molecule has 0 unspecified atom stereocenters. The summed E-state index contributed by atoms with van der Waals surface area (Å²) in [5, 5.41) is -0.325. The Hall–Kier alpha value is -1.42. The van der Waals surface area contributed by atoms with Gasteiger partial charge in [0.1, 0.15) is 0 Å². The van der Waals surface area contributed by atoms with Crippen molar-refractivity contribution in [3.8, 4) is 0 Å². The number of alkyl halides is 1. The minimum atomic E-state index is -0.423. The second kappa shape index (κ2) is 4.22. The summed E-state index contributed by atoms with van der Waals surface area (Å²) in [7, 11) is 0. The van der Waals surface area contributed by atoms with Gasteiger partial charge in [0.05, 0.1) is 23.4 Å². The molecule has 2 rings (SSSR count). The predicted octanol–water partition coefficient (Wildman–Crippen LogP) is 1.85. The highest BCUT2D eigenvalue weighted by Gasteiger charge is 2.31. The molecule has 0 saturated heterocycles. The van der Waals surface area contributed by atoms with Crippen LogP contribution in [0.25, 0.3) is 0 Å². The normalized spacial score (nSPS) is 22.8. The van der Waals surface area contributed by atoms with E-state index in [4.69, 9.17) is 16.3 Å². The second-order valence-electron chi connectivity index (χ2n) is 3.41. The molecule has 2 aliphatic rings. The summed E-state index contributed by atoms with van der Waals surface area (Å²) in [5.74, 6) is -0.423. The summed E-state index contributed by atoms with van der Waals surface area (Å²) in [6.45, 7) is 3.88. The first-order chi connectivity index (χ1) is 7.65. The molecule has 5 heteroatoms. The third kappa shape index (κ3) is 1.69. The van der Waals surface area contributed by atoms with E-state index in [-0.39, 0.29) is 5.38 Å². The molecule has 84 valence electrons. The molecule has 0 aromatic carbocycles. The Bertz CT molecular complexity index is 461. The molecule has 0 N–H and O–H groups in total. The van der Waals surface area contributed by atoms with Crippen molar-refractivity contribution in [3.63, 3.8) is 0 Å². The van der Waals surface area contributed by atoms with E-state index in [1.54, 1.807) is 26.1 Å². The summed E-state index contributed by atoms with van der Waals surface area (Å²) < 4.78 is 4.92. The number of esters is 1. The van der Waals surface area contributed by atoms with Gasteiger partial charge in [0.25, 0.3) is 0 Å². The van der Waals surface area contributed by atoms with Crippen LogP contribution in [0.5, 0.6) is 0 Å². The largest absolute Gasteiger partial charge is 0.461 e. The molecule has 2 aliphatic heterocycles. The average molecular weight is 239 g/mol. The Kier molecular flexibility index (Phi) is 2.92. The minimum Gasteiger partial charge on any atom is -0.461 e. The van der Waals surface area contributed by atoms with Gasteiger partial charge in [-0.3, -0.25) is 4.99 Å². The first-order valence-electron chi connectivity index (χ1n) is 5.01. The maximum absolute atomic E-state index is 11.6. The molecule has 0 spiro atoms. The van der Waals surface area contributed by atoms with Crippen LogP contribution in [0.1, 0.15) is 13.8 Å². The first kappa shape index (κ1) is 11.1. The molecule has 0 aromatic heterocycles. The zero-order valence-corrected chi connectivity index (χ0v) is 9.78. The molecule has 0 fully saturated rings. The summed E-state index contributed by atoms with van der Waals surface area (Å²) in [4.78, 5) is 20.0.